The highest BCUT2D eigenvalue weighted by atomic mass is 16.5. The molecule has 5 nitrogen and oxygen atoms in total. The van der Waals surface area contributed by atoms with Crippen LogP contribution in [0.3, 0.4) is 0 Å². The Hall–Kier alpha value is -1.36. The highest BCUT2D eigenvalue weighted by molar-refractivity contribution is 5.82. The van der Waals surface area contributed by atoms with Crippen LogP contribution in [0.15, 0.2) is 12.2 Å². The average Bonchev–Trinajstić information content (AvgIpc) is 3.24. The summed E-state index contributed by atoms with van der Waals surface area (Å²) in [5, 5.41) is 20.2. The standard InChI is InChI=1S/C34H54O5/c1-20(2)21-12-16-34(19-39-30(38)31(3,4)18-28(36)37)17-13-22-23-9-11-26-32(5,6)27(35)14-15-33(26,7)25(23)10-8-24(22)29(21)34/h21-27,29,35H,1,8-19H2,2-7H3,(H,36,37)/t21-,22?,23?,24?,25?,26?,27-,29?,33+,34-/m0/s1. The second-order valence-corrected chi connectivity index (χ2v) is 16.1. The van der Waals surface area contributed by atoms with E-state index in [9.17, 15) is 19.8 Å². The van der Waals surface area contributed by atoms with E-state index in [0.717, 1.165) is 49.9 Å². The van der Waals surface area contributed by atoms with Gasteiger partial charge in [-0.05, 0) is 137 Å². The molecule has 5 saturated carbocycles. The molecule has 220 valence electrons. The van der Waals surface area contributed by atoms with Crippen molar-refractivity contribution < 1.29 is 24.5 Å². The lowest BCUT2D eigenvalue weighted by Crippen LogP contribution is -2.60. The lowest BCUT2D eigenvalue weighted by atomic mass is 9.40. The summed E-state index contributed by atoms with van der Waals surface area (Å²) < 4.78 is 6.03. The molecule has 0 radical (unpaired) electrons. The van der Waals surface area contributed by atoms with E-state index in [4.69, 9.17) is 4.74 Å². The molecule has 39 heavy (non-hydrogen) atoms. The van der Waals surface area contributed by atoms with Gasteiger partial charge in [-0.15, -0.1) is 0 Å². The first-order chi connectivity index (χ1) is 18.1. The lowest BCUT2D eigenvalue weighted by Gasteiger charge is -2.65. The number of carbonyl (C=O) groups is 2. The molecule has 0 heterocycles. The van der Waals surface area contributed by atoms with Gasteiger partial charge in [0.15, 0.2) is 0 Å². The summed E-state index contributed by atoms with van der Waals surface area (Å²) in [6.07, 6.45) is 11.3. The van der Waals surface area contributed by atoms with Crippen LogP contribution in [0.25, 0.3) is 0 Å². The summed E-state index contributed by atoms with van der Waals surface area (Å²) >= 11 is 0. The Bertz CT molecular complexity index is 998. The van der Waals surface area contributed by atoms with E-state index in [-0.39, 0.29) is 29.3 Å². The molecule has 0 amide bonds. The molecule has 0 aliphatic heterocycles. The first kappa shape index (κ1) is 29.1. The third kappa shape index (κ3) is 4.61. The van der Waals surface area contributed by atoms with Gasteiger partial charge in [-0.2, -0.15) is 0 Å². The number of hydrogen-bond donors (Lipinski definition) is 2. The van der Waals surface area contributed by atoms with Gasteiger partial charge in [-0.3, -0.25) is 9.59 Å². The number of ether oxygens (including phenoxy) is 1. The number of carboxylic acid groups (broad SMARTS) is 1. The maximum Gasteiger partial charge on any atom is 0.312 e. The van der Waals surface area contributed by atoms with Crippen LogP contribution >= 0.6 is 0 Å². The molecule has 0 spiro atoms. The van der Waals surface area contributed by atoms with Gasteiger partial charge in [0, 0.05) is 5.41 Å². The van der Waals surface area contributed by atoms with Crippen LogP contribution in [0, 0.1) is 63.1 Å². The second-order valence-electron chi connectivity index (χ2n) is 16.1. The van der Waals surface area contributed by atoms with Crippen LogP contribution < -0.4 is 0 Å². The summed E-state index contributed by atoms with van der Waals surface area (Å²) in [5.74, 6) is 3.12. The van der Waals surface area contributed by atoms with Gasteiger partial charge < -0.3 is 14.9 Å². The maximum atomic E-state index is 13.0. The fraction of sp³-hybridized carbons (Fsp3) is 0.882. The molecule has 5 aliphatic carbocycles. The van der Waals surface area contributed by atoms with Crippen LogP contribution in [-0.2, 0) is 14.3 Å². The van der Waals surface area contributed by atoms with Crippen molar-refractivity contribution in [2.75, 3.05) is 6.61 Å². The summed E-state index contributed by atoms with van der Waals surface area (Å²) in [4.78, 5) is 24.4. The molecule has 5 aliphatic rings. The molecule has 0 aromatic carbocycles. The zero-order valence-electron chi connectivity index (χ0n) is 25.4. The first-order valence-corrected chi connectivity index (χ1v) is 15.9. The van der Waals surface area contributed by atoms with Crippen LogP contribution in [0.4, 0.5) is 0 Å². The highest BCUT2D eigenvalue weighted by Gasteiger charge is 2.64. The third-order valence-electron chi connectivity index (χ3n) is 13.4. The Balaban J connectivity index is 1.38. The number of rotatable bonds is 6. The average molecular weight is 543 g/mol. The normalized spacial score (nSPS) is 44.8. The van der Waals surface area contributed by atoms with Crippen molar-refractivity contribution in [2.24, 2.45) is 63.1 Å². The predicted molar refractivity (Wildman–Crippen MR) is 153 cm³/mol. The smallest absolute Gasteiger partial charge is 0.312 e. The number of esters is 1. The van der Waals surface area contributed by atoms with E-state index in [1.807, 2.05) is 0 Å². The maximum absolute atomic E-state index is 13.0. The number of carbonyl (C=O) groups excluding carboxylic acids is 1. The Labute approximate surface area is 236 Å². The number of hydrogen-bond acceptors (Lipinski definition) is 4. The fourth-order valence-corrected chi connectivity index (χ4v) is 11.5. The highest BCUT2D eigenvalue weighted by Crippen LogP contribution is 2.70. The zero-order valence-corrected chi connectivity index (χ0v) is 25.4. The molecule has 5 heteroatoms. The molecule has 0 saturated heterocycles. The lowest BCUT2D eigenvalue weighted by molar-refractivity contribution is -0.188. The van der Waals surface area contributed by atoms with Crippen molar-refractivity contribution >= 4 is 11.9 Å². The van der Waals surface area contributed by atoms with Crippen molar-refractivity contribution in [2.45, 2.75) is 118 Å². The molecule has 5 rings (SSSR count). The number of aliphatic hydroxyl groups is 1. The number of allylic oxidation sites excluding steroid dienone is 1. The predicted octanol–water partition coefficient (Wildman–Crippen LogP) is 7.27. The minimum atomic E-state index is -1.02. The molecule has 0 aromatic rings. The number of fused-ring (bicyclic) bond motifs is 7. The Morgan fingerprint density at radius 3 is 2.26 bits per heavy atom. The van der Waals surface area contributed by atoms with Gasteiger partial charge in [-0.25, -0.2) is 0 Å². The van der Waals surface area contributed by atoms with Gasteiger partial charge in [0.1, 0.15) is 0 Å². The van der Waals surface area contributed by atoms with Crippen LogP contribution in [0.2, 0.25) is 0 Å². The molecule has 0 bridgehead atoms. The van der Waals surface area contributed by atoms with Crippen molar-refractivity contribution in [3.05, 3.63) is 12.2 Å². The second kappa shape index (κ2) is 9.88. The third-order valence-corrected chi connectivity index (χ3v) is 13.4. The molecular weight excluding hydrogens is 488 g/mol. The van der Waals surface area contributed by atoms with Crippen LogP contribution in [-0.4, -0.2) is 34.9 Å². The summed E-state index contributed by atoms with van der Waals surface area (Å²) in [6.45, 7) is 17.6. The van der Waals surface area contributed by atoms with E-state index in [1.54, 1.807) is 13.8 Å². The monoisotopic (exact) mass is 542 g/mol. The molecule has 10 atom stereocenters. The number of aliphatic carboxylic acids is 1. The first-order valence-electron chi connectivity index (χ1n) is 15.9. The van der Waals surface area contributed by atoms with Crippen molar-refractivity contribution in [1.82, 2.24) is 0 Å². The molecule has 2 N–H and O–H groups in total. The summed E-state index contributed by atoms with van der Waals surface area (Å²) in [5.41, 5.74) is 0.561. The molecule has 5 fully saturated rings. The van der Waals surface area contributed by atoms with Crippen molar-refractivity contribution in [1.29, 1.82) is 0 Å². The summed E-state index contributed by atoms with van der Waals surface area (Å²) in [6, 6.07) is 0. The van der Waals surface area contributed by atoms with Gasteiger partial charge >= 0.3 is 11.9 Å². The van der Waals surface area contributed by atoms with Crippen molar-refractivity contribution in [3.8, 4) is 0 Å². The molecular formula is C34H54O5. The van der Waals surface area contributed by atoms with Gasteiger partial charge in [0.25, 0.3) is 0 Å². The Morgan fingerprint density at radius 2 is 1.59 bits per heavy atom. The van der Waals surface area contributed by atoms with E-state index >= 15 is 0 Å². The van der Waals surface area contributed by atoms with E-state index in [1.165, 1.54) is 37.7 Å². The number of carboxylic acids is 1. The van der Waals surface area contributed by atoms with Gasteiger partial charge in [0.2, 0.25) is 0 Å². The van der Waals surface area contributed by atoms with Crippen LogP contribution in [0.5, 0.6) is 0 Å². The van der Waals surface area contributed by atoms with Gasteiger partial charge in [0.05, 0.1) is 24.5 Å². The quantitative estimate of drug-likeness (QED) is 0.272. The topological polar surface area (TPSA) is 83.8 Å². The zero-order chi connectivity index (χ0) is 28.5. The molecule has 6 unspecified atom stereocenters. The van der Waals surface area contributed by atoms with Crippen LogP contribution in [0.1, 0.15) is 112 Å². The number of aliphatic hydroxyl groups excluding tert-OH is 1. The van der Waals surface area contributed by atoms with Crippen molar-refractivity contribution in [3.63, 3.8) is 0 Å². The van der Waals surface area contributed by atoms with E-state index in [2.05, 4.69) is 34.3 Å². The van der Waals surface area contributed by atoms with E-state index in [0.29, 0.717) is 35.7 Å². The van der Waals surface area contributed by atoms with E-state index < -0.39 is 11.4 Å². The summed E-state index contributed by atoms with van der Waals surface area (Å²) in [7, 11) is 0. The minimum Gasteiger partial charge on any atom is -0.481 e. The largest absolute Gasteiger partial charge is 0.481 e. The Morgan fingerprint density at radius 1 is 0.923 bits per heavy atom. The Kier molecular flexibility index (Phi) is 7.38. The molecule has 0 aromatic heterocycles. The van der Waals surface area contributed by atoms with Gasteiger partial charge in [-0.1, -0.05) is 32.9 Å². The SMILES string of the molecule is C=C(C)[C@@H]1CC[C@@]2(COC(=O)C(C)(C)CC(=O)O)CCC3C(CCC4C3CCC3C(C)(C)[C@@H](O)CC[C@]43C)C12. The minimum absolute atomic E-state index is 0.00860. The fourth-order valence-electron chi connectivity index (χ4n) is 11.5.